The number of fused-ring (bicyclic) bond motifs is 2. The van der Waals surface area contributed by atoms with E-state index in [-0.39, 0.29) is 24.1 Å². The van der Waals surface area contributed by atoms with Crippen LogP contribution in [0, 0.1) is 17.8 Å². The van der Waals surface area contributed by atoms with Crippen molar-refractivity contribution in [1.29, 1.82) is 0 Å². The predicted octanol–water partition coefficient (Wildman–Crippen LogP) is 0.200. The van der Waals surface area contributed by atoms with Gasteiger partial charge in [-0.15, -0.1) is 0 Å². The molecule has 3 fully saturated rings. The van der Waals surface area contributed by atoms with E-state index in [0.717, 1.165) is 19.3 Å². The van der Waals surface area contributed by atoms with Gasteiger partial charge in [0.1, 0.15) is 0 Å². The molecule has 7 nitrogen and oxygen atoms in total. The molecule has 118 valence electrons. The highest BCUT2D eigenvalue weighted by Gasteiger charge is 2.51. The number of hydrogen-bond acceptors (Lipinski definition) is 4. The molecule has 2 bridgehead atoms. The molecule has 0 aromatic carbocycles. The van der Waals surface area contributed by atoms with E-state index >= 15 is 0 Å². The Bertz CT molecular complexity index is 410. The van der Waals surface area contributed by atoms with Crippen LogP contribution >= 0.6 is 0 Å². The van der Waals surface area contributed by atoms with Crippen molar-refractivity contribution in [2.75, 3.05) is 26.4 Å². The van der Waals surface area contributed by atoms with Crippen LogP contribution in [0.5, 0.6) is 0 Å². The molecular formula is C14H22N2O5. The Morgan fingerprint density at radius 2 is 2.00 bits per heavy atom. The van der Waals surface area contributed by atoms with Gasteiger partial charge in [0, 0.05) is 12.6 Å². The molecule has 3 rings (SSSR count). The SMILES string of the molecule is O=C(NCC1COCCO1)NC1C2CCC(C2)C1C(=O)O. The van der Waals surface area contributed by atoms with E-state index in [1.54, 1.807) is 0 Å². The van der Waals surface area contributed by atoms with Crippen molar-refractivity contribution < 1.29 is 24.2 Å². The molecule has 7 heteroatoms. The number of carbonyl (C=O) groups excluding carboxylic acids is 1. The fourth-order valence-electron chi connectivity index (χ4n) is 3.92. The van der Waals surface area contributed by atoms with E-state index in [2.05, 4.69) is 10.6 Å². The van der Waals surface area contributed by atoms with Gasteiger partial charge < -0.3 is 25.2 Å². The van der Waals surface area contributed by atoms with E-state index < -0.39 is 11.9 Å². The van der Waals surface area contributed by atoms with Gasteiger partial charge >= 0.3 is 12.0 Å². The Balaban J connectivity index is 1.48. The zero-order valence-corrected chi connectivity index (χ0v) is 11.9. The molecule has 1 heterocycles. The fourth-order valence-corrected chi connectivity index (χ4v) is 3.92. The first-order chi connectivity index (χ1) is 10.1. The van der Waals surface area contributed by atoms with Crippen molar-refractivity contribution in [2.45, 2.75) is 31.4 Å². The average Bonchev–Trinajstić information content (AvgIpc) is 3.07. The molecule has 0 radical (unpaired) electrons. The topological polar surface area (TPSA) is 96.9 Å². The Morgan fingerprint density at radius 3 is 2.71 bits per heavy atom. The van der Waals surface area contributed by atoms with Gasteiger partial charge in [-0.05, 0) is 31.1 Å². The highest BCUT2D eigenvalue weighted by Crippen LogP contribution is 2.48. The second-order valence-corrected chi connectivity index (χ2v) is 6.15. The quantitative estimate of drug-likeness (QED) is 0.689. The summed E-state index contributed by atoms with van der Waals surface area (Å²) in [6.07, 6.45) is 2.77. The van der Waals surface area contributed by atoms with Gasteiger partial charge in [0.2, 0.25) is 0 Å². The van der Waals surface area contributed by atoms with Gasteiger partial charge in [-0.2, -0.15) is 0 Å². The fraction of sp³-hybridized carbons (Fsp3) is 0.857. The number of ether oxygens (including phenoxy) is 2. The second-order valence-electron chi connectivity index (χ2n) is 6.15. The van der Waals surface area contributed by atoms with Crippen LogP contribution < -0.4 is 10.6 Å². The summed E-state index contributed by atoms with van der Waals surface area (Å²) in [6.45, 7) is 1.99. The minimum Gasteiger partial charge on any atom is -0.481 e. The maximum Gasteiger partial charge on any atom is 0.315 e. The summed E-state index contributed by atoms with van der Waals surface area (Å²) in [5.41, 5.74) is 0. The molecule has 2 amide bonds. The Kier molecular flexibility index (Phi) is 4.30. The number of nitrogens with one attached hydrogen (secondary N) is 2. The van der Waals surface area contributed by atoms with Crippen molar-refractivity contribution in [3.05, 3.63) is 0 Å². The molecule has 0 aromatic rings. The lowest BCUT2D eigenvalue weighted by molar-refractivity contribution is -0.144. The first kappa shape index (κ1) is 14.6. The molecular weight excluding hydrogens is 276 g/mol. The molecule has 21 heavy (non-hydrogen) atoms. The number of urea groups is 1. The lowest BCUT2D eigenvalue weighted by Crippen LogP contribution is -2.52. The summed E-state index contributed by atoms with van der Waals surface area (Å²) in [5.74, 6) is -0.718. The van der Waals surface area contributed by atoms with Gasteiger partial charge in [-0.3, -0.25) is 4.79 Å². The molecule has 5 unspecified atom stereocenters. The van der Waals surface area contributed by atoms with Crippen LogP contribution in [-0.4, -0.2) is 55.6 Å². The third kappa shape index (κ3) is 3.13. The van der Waals surface area contributed by atoms with Gasteiger partial charge in [-0.1, -0.05) is 0 Å². The largest absolute Gasteiger partial charge is 0.481 e. The number of carbonyl (C=O) groups is 2. The first-order valence-corrected chi connectivity index (χ1v) is 7.61. The second kappa shape index (κ2) is 6.19. The first-order valence-electron chi connectivity index (χ1n) is 7.61. The third-order valence-electron chi connectivity index (χ3n) is 4.87. The number of hydrogen-bond donors (Lipinski definition) is 3. The number of amides is 2. The number of aliphatic carboxylic acids is 1. The maximum absolute atomic E-state index is 12.0. The molecule has 0 aromatic heterocycles. The Labute approximate surface area is 123 Å². The average molecular weight is 298 g/mol. The summed E-state index contributed by atoms with van der Waals surface area (Å²) in [4.78, 5) is 23.4. The van der Waals surface area contributed by atoms with Crippen molar-refractivity contribution in [1.82, 2.24) is 10.6 Å². The number of rotatable bonds is 4. The maximum atomic E-state index is 12.0. The molecule has 3 aliphatic rings. The van der Waals surface area contributed by atoms with E-state index in [1.165, 1.54) is 0 Å². The number of carboxylic acid groups (broad SMARTS) is 1. The summed E-state index contributed by atoms with van der Waals surface area (Å²) in [7, 11) is 0. The van der Waals surface area contributed by atoms with Crippen molar-refractivity contribution in [3.63, 3.8) is 0 Å². The van der Waals surface area contributed by atoms with E-state index in [4.69, 9.17) is 9.47 Å². The minimum atomic E-state index is -0.795. The summed E-state index contributed by atoms with van der Waals surface area (Å²) in [6, 6.07) is -0.558. The Hall–Kier alpha value is -1.34. The van der Waals surface area contributed by atoms with Crippen LogP contribution in [0.1, 0.15) is 19.3 Å². The van der Waals surface area contributed by atoms with Crippen molar-refractivity contribution in [3.8, 4) is 0 Å². The van der Waals surface area contributed by atoms with Crippen LogP contribution in [0.4, 0.5) is 4.79 Å². The zero-order chi connectivity index (χ0) is 14.8. The van der Waals surface area contributed by atoms with Gasteiger partial charge in [0.05, 0.1) is 31.8 Å². The van der Waals surface area contributed by atoms with Crippen molar-refractivity contribution >= 4 is 12.0 Å². The zero-order valence-electron chi connectivity index (χ0n) is 11.9. The molecule has 0 spiro atoms. The monoisotopic (exact) mass is 298 g/mol. The summed E-state index contributed by atoms with van der Waals surface area (Å²) < 4.78 is 10.7. The molecule has 1 aliphatic heterocycles. The van der Waals surface area contributed by atoms with E-state index in [0.29, 0.717) is 32.3 Å². The van der Waals surface area contributed by atoms with Gasteiger partial charge in [0.15, 0.2) is 0 Å². The van der Waals surface area contributed by atoms with Gasteiger partial charge in [0.25, 0.3) is 0 Å². The lowest BCUT2D eigenvalue weighted by Gasteiger charge is -2.29. The predicted molar refractivity (Wildman–Crippen MR) is 72.8 cm³/mol. The number of carboxylic acids is 1. The molecule has 5 atom stereocenters. The third-order valence-corrected chi connectivity index (χ3v) is 4.87. The standard InChI is InChI=1S/C14H22N2O5/c17-13(18)11-8-1-2-9(5-8)12(11)16-14(19)15-6-10-7-20-3-4-21-10/h8-12H,1-7H2,(H,17,18)(H2,15,16,19). The Morgan fingerprint density at radius 1 is 1.19 bits per heavy atom. The molecule has 2 saturated carbocycles. The van der Waals surface area contributed by atoms with Crippen LogP contribution in [0.3, 0.4) is 0 Å². The van der Waals surface area contributed by atoms with Crippen LogP contribution in [0.2, 0.25) is 0 Å². The van der Waals surface area contributed by atoms with Crippen LogP contribution in [0.15, 0.2) is 0 Å². The lowest BCUT2D eigenvalue weighted by atomic mass is 9.84. The summed E-state index contributed by atoms with van der Waals surface area (Å²) in [5, 5.41) is 14.9. The highest BCUT2D eigenvalue weighted by molar-refractivity contribution is 5.77. The summed E-state index contributed by atoms with van der Waals surface area (Å²) >= 11 is 0. The van der Waals surface area contributed by atoms with Gasteiger partial charge in [-0.25, -0.2) is 4.79 Å². The molecule has 1 saturated heterocycles. The smallest absolute Gasteiger partial charge is 0.315 e. The molecule has 2 aliphatic carbocycles. The van der Waals surface area contributed by atoms with Crippen LogP contribution in [0.25, 0.3) is 0 Å². The van der Waals surface area contributed by atoms with E-state index in [9.17, 15) is 14.7 Å². The molecule has 3 N–H and O–H groups in total. The van der Waals surface area contributed by atoms with Crippen LogP contribution in [-0.2, 0) is 14.3 Å². The van der Waals surface area contributed by atoms with E-state index in [1.807, 2.05) is 0 Å². The minimum absolute atomic E-state index is 0.125. The van der Waals surface area contributed by atoms with Crippen molar-refractivity contribution in [2.24, 2.45) is 17.8 Å². The normalized spacial score (nSPS) is 38.2. The highest BCUT2D eigenvalue weighted by atomic mass is 16.6.